The zero-order chi connectivity index (χ0) is 12.1. The van der Waals surface area contributed by atoms with E-state index in [9.17, 15) is 4.79 Å². The second kappa shape index (κ2) is 5.45. The summed E-state index contributed by atoms with van der Waals surface area (Å²) in [5.74, 6) is 0.362. The Morgan fingerprint density at radius 3 is 2.38 bits per heavy atom. The molecule has 0 bridgehead atoms. The number of aromatic amines is 1. The van der Waals surface area contributed by atoms with E-state index in [1.165, 1.54) is 0 Å². The summed E-state index contributed by atoms with van der Waals surface area (Å²) >= 11 is 0. The van der Waals surface area contributed by atoms with Gasteiger partial charge in [0.05, 0.1) is 5.69 Å². The number of rotatable bonds is 0. The number of allylic oxidation sites excluding steroid dienone is 2. The van der Waals surface area contributed by atoms with Crippen LogP contribution in [0.15, 0.2) is 16.9 Å². The molecule has 0 radical (unpaired) electrons. The van der Waals surface area contributed by atoms with Crippen LogP contribution >= 0.6 is 0 Å². The first-order valence-corrected chi connectivity index (χ1v) is 5.64. The van der Waals surface area contributed by atoms with Crippen LogP contribution in [0.3, 0.4) is 0 Å². The zero-order valence-electron chi connectivity index (χ0n) is 10.2. The minimum Gasteiger partial charge on any atom is -0.267 e. The zero-order valence-corrected chi connectivity index (χ0v) is 10.2. The quantitative estimate of drug-likeness (QED) is 0.727. The van der Waals surface area contributed by atoms with Crippen molar-refractivity contribution in [1.29, 1.82) is 0 Å². The highest BCUT2D eigenvalue weighted by atomic mass is 16.1. The molecule has 0 aromatic carbocycles. The lowest BCUT2D eigenvalue weighted by atomic mass is 10.1. The Labute approximate surface area is 95.9 Å². The normalized spacial score (nSPS) is 17.1. The summed E-state index contributed by atoms with van der Waals surface area (Å²) in [5, 5.41) is 6.42. The summed E-state index contributed by atoms with van der Waals surface area (Å²) < 4.78 is 0. The van der Waals surface area contributed by atoms with Crippen molar-refractivity contribution < 1.29 is 0 Å². The van der Waals surface area contributed by atoms with E-state index in [0.717, 1.165) is 11.3 Å². The largest absolute Gasteiger partial charge is 0.272 e. The van der Waals surface area contributed by atoms with Crippen LogP contribution in [0.1, 0.15) is 37.6 Å². The summed E-state index contributed by atoms with van der Waals surface area (Å²) in [5.41, 5.74) is 2.36. The van der Waals surface area contributed by atoms with E-state index in [-0.39, 0.29) is 5.56 Å². The van der Waals surface area contributed by atoms with Crippen molar-refractivity contribution in [3.63, 3.8) is 0 Å². The molecule has 16 heavy (non-hydrogen) atoms. The second-order valence-electron chi connectivity index (χ2n) is 3.54. The molecule has 2 rings (SSSR count). The van der Waals surface area contributed by atoms with E-state index in [1.54, 1.807) is 0 Å². The number of aromatic nitrogens is 2. The Morgan fingerprint density at radius 1 is 1.19 bits per heavy atom. The highest BCUT2D eigenvalue weighted by Crippen LogP contribution is 2.17. The lowest BCUT2D eigenvalue weighted by Crippen LogP contribution is -2.14. The third-order valence-corrected chi connectivity index (χ3v) is 2.38. The fourth-order valence-electron chi connectivity index (χ4n) is 1.51. The molecule has 1 aromatic heterocycles. The van der Waals surface area contributed by atoms with E-state index < -0.39 is 0 Å². The van der Waals surface area contributed by atoms with Gasteiger partial charge in [-0.1, -0.05) is 45.1 Å². The molecule has 0 saturated heterocycles. The van der Waals surface area contributed by atoms with Gasteiger partial charge < -0.3 is 0 Å². The van der Waals surface area contributed by atoms with Gasteiger partial charge in [-0.2, -0.15) is 5.10 Å². The Bertz CT molecular complexity index is 469. The summed E-state index contributed by atoms with van der Waals surface area (Å²) in [4.78, 5) is 11.5. The average Bonchev–Trinajstić information content (AvgIpc) is 2.50. The molecule has 1 aromatic rings. The highest BCUT2D eigenvalue weighted by molar-refractivity contribution is 5.68. The van der Waals surface area contributed by atoms with Crippen molar-refractivity contribution in [2.24, 2.45) is 5.92 Å². The molecule has 0 spiro atoms. The molecule has 1 N–H and O–H groups in total. The van der Waals surface area contributed by atoms with Gasteiger partial charge >= 0.3 is 0 Å². The maximum atomic E-state index is 11.5. The molecule has 86 valence electrons. The number of aryl methyl sites for hydroxylation is 1. The number of hydrogen-bond acceptors (Lipinski definition) is 2. The predicted molar refractivity (Wildman–Crippen MR) is 68.2 cm³/mol. The van der Waals surface area contributed by atoms with Gasteiger partial charge in [-0.3, -0.25) is 4.79 Å². The van der Waals surface area contributed by atoms with Crippen LogP contribution < -0.4 is 5.56 Å². The molecule has 1 atom stereocenters. The minimum absolute atomic E-state index is 0.124. The van der Waals surface area contributed by atoms with Crippen LogP contribution in [0.5, 0.6) is 0 Å². The molecular weight excluding hydrogens is 200 g/mol. The van der Waals surface area contributed by atoms with Crippen molar-refractivity contribution >= 4 is 12.2 Å². The fourth-order valence-corrected chi connectivity index (χ4v) is 1.51. The first-order chi connectivity index (χ1) is 7.68. The monoisotopic (exact) mass is 218 g/mol. The van der Waals surface area contributed by atoms with E-state index in [4.69, 9.17) is 0 Å². The maximum absolute atomic E-state index is 11.5. The van der Waals surface area contributed by atoms with Gasteiger partial charge in [-0.05, 0) is 12.8 Å². The molecule has 1 unspecified atom stereocenters. The van der Waals surface area contributed by atoms with Gasteiger partial charge in [0.25, 0.3) is 5.56 Å². The Morgan fingerprint density at radius 2 is 1.75 bits per heavy atom. The number of nitrogens with one attached hydrogen (secondary N) is 1. The summed E-state index contributed by atoms with van der Waals surface area (Å²) in [6, 6.07) is 0. The first-order valence-electron chi connectivity index (χ1n) is 5.64. The second-order valence-corrected chi connectivity index (χ2v) is 3.54. The minimum atomic E-state index is -0.124. The first kappa shape index (κ1) is 12.4. The number of H-pyrrole nitrogens is 1. The van der Waals surface area contributed by atoms with Crippen molar-refractivity contribution in [3.8, 4) is 0 Å². The number of hydrogen-bond donors (Lipinski definition) is 1. The molecule has 0 aliphatic heterocycles. The van der Waals surface area contributed by atoms with Gasteiger partial charge in [0, 0.05) is 11.1 Å². The fraction of sp³-hybridized carbons (Fsp3) is 0.385. The Balaban J connectivity index is 0.000000606. The van der Waals surface area contributed by atoms with Gasteiger partial charge in [0.1, 0.15) is 0 Å². The van der Waals surface area contributed by atoms with Crippen LogP contribution in [0.2, 0.25) is 0 Å². The average molecular weight is 218 g/mol. The van der Waals surface area contributed by atoms with Crippen LogP contribution in [0.4, 0.5) is 0 Å². The molecular formula is C13H18N2O. The van der Waals surface area contributed by atoms with E-state index in [0.29, 0.717) is 11.5 Å². The molecule has 3 nitrogen and oxygen atoms in total. The highest BCUT2D eigenvalue weighted by Gasteiger charge is 2.09. The topological polar surface area (TPSA) is 45.8 Å². The van der Waals surface area contributed by atoms with E-state index in [1.807, 2.05) is 39.0 Å². The number of nitrogens with zero attached hydrogens (tertiary/aromatic N) is 1. The van der Waals surface area contributed by atoms with Crippen molar-refractivity contribution in [3.05, 3.63) is 39.3 Å². The Kier molecular flexibility index (Phi) is 4.23. The molecule has 0 amide bonds. The third kappa shape index (κ3) is 2.48. The molecule has 0 saturated carbocycles. The van der Waals surface area contributed by atoms with Crippen LogP contribution in [-0.4, -0.2) is 10.2 Å². The molecule has 1 heterocycles. The lowest BCUT2D eigenvalue weighted by molar-refractivity contribution is 0.937. The van der Waals surface area contributed by atoms with Crippen molar-refractivity contribution in [1.82, 2.24) is 10.2 Å². The van der Waals surface area contributed by atoms with Gasteiger partial charge in [0.15, 0.2) is 0 Å². The van der Waals surface area contributed by atoms with Gasteiger partial charge in [-0.25, -0.2) is 5.10 Å². The predicted octanol–water partition coefficient (Wildman–Crippen LogP) is 2.78. The van der Waals surface area contributed by atoms with Crippen molar-refractivity contribution in [2.45, 2.75) is 27.7 Å². The van der Waals surface area contributed by atoms with Gasteiger partial charge in [-0.15, -0.1) is 0 Å². The molecule has 1 aliphatic carbocycles. The lowest BCUT2D eigenvalue weighted by Gasteiger charge is -2.00. The maximum Gasteiger partial charge on any atom is 0.272 e. The molecule has 3 heteroatoms. The summed E-state index contributed by atoms with van der Waals surface area (Å²) in [7, 11) is 0. The van der Waals surface area contributed by atoms with Crippen LogP contribution in [-0.2, 0) is 0 Å². The van der Waals surface area contributed by atoms with Crippen LogP contribution in [0.25, 0.3) is 12.2 Å². The van der Waals surface area contributed by atoms with Gasteiger partial charge in [0.2, 0.25) is 0 Å². The van der Waals surface area contributed by atoms with Crippen LogP contribution in [0, 0.1) is 12.8 Å². The van der Waals surface area contributed by atoms with E-state index in [2.05, 4.69) is 23.2 Å². The SMILES string of the molecule is CC.Cc1n[nH]c(=O)c2c1C=CC(C)C=C2. The molecule has 0 fully saturated rings. The standard InChI is InChI=1S/C11H12N2O.C2H6/c1-7-3-5-9-8(2)12-13-11(14)10(9)6-4-7;1-2/h3-7H,1-2H3,(H,13,14);1-2H3. The number of fused-ring (bicyclic) bond motifs is 1. The summed E-state index contributed by atoms with van der Waals surface area (Å²) in [6.07, 6.45) is 7.92. The van der Waals surface area contributed by atoms with E-state index >= 15 is 0 Å². The van der Waals surface area contributed by atoms with Crippen molar-refractivity contribution in [2.75, 3.05) is 0 Å². The third-order valence-electron chi connectivity index (χ3n) is 2.38. The Hall–Kier alpha value is -1.64. The summed E-state index contributed by atoms with van der Waals surface area (Å²) in [6.45, 7) is 7.97. The molecule has 1 aliphatic rings. The smallest absolute Gasteiger partial charge is 0.267 e.